The average Bonchev–Trinajstić information content (AvgIpc) is 3.32. The Hall–Kier alpha value is -2.12. The maximum atomic E-state index is 12.1. The second-order valence-corrected chi connectivity index (χ2v) is 6.63. The number of furan rings is 1. The first kappa shape index (κ1) is 16.7. The van der Waals surface area contributed by atoms with Crippen LogP contribution in [0, 0.1) is 0 Å². The van der Waals surface area contributed by atoms with Crippen molar-refractivity contribution < 1.29 is 18.7 Å². The maximum Gasteiger partial charge on any atom is 0.309 e. The number of rotatable bonds is 5. The van der Waals surface area contributed by atoms with Gasteiger partial charge in [0.15, 0.2) is 0 Å². The lowest BCUT2D eigenvalue weighted by molar-refractivity contribution is -0.139. The van der Waals surface area contributed by atoms with Gasteiger partial charge in [0.25, 0.3) is 0 Å². The molecule has 2 aromatic heterocycles. The van der Waals surface area contributed by atoms with Crippen molar-refractivity contribution >= 4 is 23.2 Å². The van der Waals surface area contributed by atoms with Gasteiger partial charge in [-0.3, -0.25) is 9.59 Å². The minimum absolute atomic E-state index is 0.158. The van der Waals surface area contributed by atoms with Gasteiger partial charge in [0.1, 0.15) is 5.76 Å². The number of hydrogen-bond acceptors (Lipinski definition) is 5. The first-order chi connectivity index (χ1) is 11.7. The van der Waals surface area contributed by atoms with E-state index in [1.165, 1.54) is 11.8 Å². The summed E-state index contributed by atoms with van der Waals surface area (Å²) in [5.74, 6) is -0.670. The van der Waals surface area contributed by atoms with Gasteiger partial charge in [0, 0.05) is 25.2 Å². The molecule has 0 saturated carbocycles. The van der Waals surface area contributed by atoms with Crippen LogP contribution in [0.15, 0.2) is 39.6 Å². The fourth-order valence-electron chi connectivity index (χ4n) is 2.89. The number of carbonyl (C=O) groups is 2. The van der Waals surface area contributed by atoms with E-state index >= 15 is 0 Å². The molecular weight excluding hydrogens is 328 g/mol. The predicted octanol–water partition coefficient (Wildman–Crippen LogP) is 1.82. The van der Waals surface area contributed by atoms with Crippen LogP contribution < -0.4 is 10.6 Å². The molecule has 0 bridgehead atoms. The van der Waals surface area contributed by atoms with Crippen LogP contribution in [0.25, 0.3) is 0 Å². The molecule has 3 rings (SSSR count). The van der Waals surface area contributed by atoms with Gasteiger partial charge in [-0.25, -0.2) is 0 Å². The molecule has 1 aliphatic rings. The van der Waals surface area contributed by atoms with E-state index in [-0.39, 0.29) is 12.0 Å². The highest BCUT2D eigenvalue weighted by Crippen LogP contribution is 2.35. The molecule has 7 heteroatoms. The summed E-state index contributed by atoms with van der Waals surface area (Å²) in [7, 11) is 0. The summed E-state index contributed by atoms with van der Waals surface area (Å²) in [4.78, 5) is 24.0. The summed E-state index contributed by atoms with van der Waals surface area (Å²) in [6, 6.07) is 5.56. The highest BCUT2D eigenvalue weighted by molar-refractivity contribution is 7.08. The lowest BCUT2D eigenvalue weighted by Gasteiger charge is -2.37. The monoisotopic (exact) mass is 348 g/mol. The van der Waals surface area contributed by atoms with Gasteiger partial charge in [-0.05, 0) is 47.4 Å². The molecule has 2 amide bonds. The minimum Gasteiger partial charge on any atom is -0.467 e. The molecule has 0 aromatic carbocycles. The molecule has 128 valence electrons. The standard InChI is InChI=1S/C17H20N2O4S/c20-15(18-10-14-2-1-6-23-14)16(21)19-12-17(4-7-22-8-5-17)13-3-9-24-11-13/h1-3,6,9,11H,4-5,7-8,10,12H2,(H,18,20)(H,19,21). The Morgan fingerprint density at radius 3 is 2.62 bits per heavy atom. The van der Waals surface area contributed by atoms with Crippen LogP contribution in [0.4, 0.5) is 0 Å². The number of ether oxygens (including phenoxy) is 1. The largest absolute Gasteiger partial charge is 0.467 e. The molecule has 24 heavy (non-hydrogen) atoms. The quantitative estimate of drug-likeness (QED) is 0.808. The van der Waals surface area contributed by atoms with Crippen LogP contribution in [-0.2, 0) is 26.3 Å². The van der Waals surface area contributed by atoms with Crippen molar-refractivity contribution in [1.29, 1.82) is 0 Å². The van der Waals surface area contributed by atoms with Crippen molar-refractivity contribution in [2.24, 2.45) is 0 Å². The molecule has 0 atom stereocenters. The molecule has 0 aliphatic carbocycles. The fraction of sp³-hybridized carbons (Fsp3) is 0.412. The van der Waals surface area contributed by atoms with E-state index in [1.54, 1.807) is 23.5 Å². The van der Waals surface area contributed by atoms with Crippen LogP contribution in [-0.4, -0.2) is 31.6 Å². The van der Waals surface area contributed by atoms with E-state index in [2.05, 4.69) is 22.1 Å². The minimum atomic E-state index is -0.654. The van der Waals surface area contributed by atoms with E-state index < -0.39 is 11.8 Å². The van der Waals surface area contributed by atoms with Crippen molar-refractivity contribution in [3.63, 3.8) is 0 Å². The smallest absolute Gasteiger partial charge is 0.309 e. The lowest BCUT2D eigenvalue weighted by atomic mass is 9.75. The average molecular weight is 348 g/mol. The summed E-state index contributed by atoms with van der Waals surface area (Å²) >= 11 is 1.64. The molecule has 3 heterocycles. The Bertz CT molecular complexity index is 661. The summed E-state index contributed by atoms with van der Waals surface area (Å²) in [6.45, 7) is 1.95. The molecule has 2 aromatic rings. The van der Waals surface area contributed by atoms with E-state index in [0.29, 0.717) is 25.5 Å². The number of amides is 2. The molecule has 0 spiro atoms. The first-order valence-electron chi connectivity index (χ1n) is 7.88. The molecule has 0 radical (unpaired) electrons. The van der Waals surface area contributed by atoms with Gasteiger partial charge in [-0.2, -0.15) is 11.3 Å². The van der Waals surface area contributed by atoms with Crippen LogP contribution >= 0.6 is 11.3 Å². The lowest BCUT2D eigenvalue weighted by Crippen LogP contribution is -2.48. The number of carbonyl (C=O) groups excluding carboxylic acids is 2. The maximum absolute atomic E-state index is 12.1. The molecule has 1 saturated heterocycles. The van der Waals surface area contributed by atoms with Gasteiger partial charge in [-0.15, -0.1) is 0 Å². The van der Waals surface area contributed by atoms with Crippen molar-refractivity contribution in [1.82, 2.24) is 10.6 Å². The predicted molar refractivity (Wildman–Crippen MR) is 89.6 cm³/mol. The zero-order chi connectivity index (χ0) is 16.8. The Morgan fingerprint density at radius 1 is 1.17 bits per heavy atom. The van der Waals surface area contributed by atoms with Gasteiger partial charge in [0.05, 0.1) is 12.8 Å². The molecular formula is C17H20N2O4S. The van der Waals surface area contributed by atoms with Gasteiger partial charge in [-0.1, -0.05) is 0 Å². The van der Waals surface area contributed by atoms with E-state index in [4.69, 9.17) is 9.15 Å². The Labute approximate surface area is 144 Å². The van der Waals surface area contributed by atoms with Crippen LogP contribution in [0.5, 0.6) is 0 Å². The Kier molecular flexibility index (Phi) is 5.32. The Balaban J connectivity index is 1.56. The number of hydrogen-bond donors (Lipinski definition) is 2. The molecule has 6 nitrogen and oxygen atoms in total. The van der Waals surface area contributed by atoms with E-state index in [1.807, 2.05) is 5.38 Å². The second-order valence-electron chi connectivity index (χ2n) is 5.85. The third-order valence-electron chi connectivity index (χ3n) is 4.38. The summed E-state index contributed by atoms with van der Waals surface area (Å²) in [5.41, 5.74) is 1.04. The third kappa shape index (κ3) is 3.85. The highest BCUT2D eigenvalue weighted by Gasteiger charge is 2.35. The third-order valence-corrected chi connectivity index (χ3v) is 5.06. The molecule has 1 aliphatic heterocycles. The summed E-state index contributed by atoms with van der Waals surface area (Å²) in [5, 5.41) is 9.47. The number of nitrogens with one attached hydrogen (secondary N) is 2. The van der Waals surface area contributed by atoms with E-state index in [9.17, 15) is 9.59 Å². The molecule has 0 unspecified atom stereocenters. The Morgan fingerprint density at radius 2 is 1.96 bits per heavy atom. The van der Waals surface area contributed by atoms with Crippen LogP contribution in [0.2, 0.25) is 0 Å². The van der Waals surface area contributed by atoms with Crippen molar-refractivity contribution in [2.75, 3.05) is 19.8 Å². The van der Waals surface area contributed by atoms with Crippen LogP contribution in [0.1, 0.15) is 24.2 Å². The second kappa shape index (κ2) is 7.63. The van der Waals surface area contributed by atoms with Gasteiger partial charge in [0.2, 0.25) is 0 Å². The van der Waals surface area contributed by atoms with Gasteiger partial charge < -0.3 is 19.8 Å². The zero-order valence-corrected chi connectivity index (χ0v) is 14.1. The normalized spacial score (nSPS) is 16.5. The van der Waals surface area contributed by atoms with Gasteiger partial charge >= 0.3 is 11.8 Å². The van der Waals surface area contributed by atoms with Crippen molar-refractivity contribution in [3.8, 4) is 0 Å². The summed E-state index contributed by atoms with van der Waals surface area (Å²) in [6.07, 6.45) is 3.19. The van der Waals surface area contributed by atoms with Crippen molar-refractivity contribution in [2.45, 2.75) is 24.8 Å². The number of thiophene rings is 1. The van der Waals surface area contributed by atoms with Crippen molar-refractivity contribution in [3.05, 3.63) is 46.5 Å². The fourth-order valence-corrected chi connectivity index (χ4v) is 3.67. The SMILES string of the molecule is O=C(NCc1ccco1)C(=O)NCC1(c2ccsc2)CCOCC1. The zero-order valence-electron chi connectivity index (χ0n) is 13.2. The molecule has 1 fully saturated rings. The van der Waals surface area contributed by atoms with Crippen LogP contribution in [0.3, 0.4) is 0 Å². The first-order valence-corrected chi connectivity index (χ1v) is 8.83. The van der Waals surface area contributed by atoms with E-state index in [0.717, 1.165) is 12.8 Å². The molecule has 2 N–H and O–H groups in total. The topological polar surface area (TPSA) is 80.6 Å². The highest BCUT2D eigenvalue weighted by atomic mass is 32.1. The summed E-state index contributed by atoms with van der Waals surface area (Å²) < 4.78 is 10.6.